The fraction of sp³-hybridized carbons (Fsp3) is 0. The number of hydrogen-bond donors (Lipinski definition) is 0. The van der Waals surface area contributed by atoms with Crippen molar-refractivity contribution in [2.75, 3.05) is 0 Å². The summed E-state index contributed by atoms with van der Waals surface area (Å²) in [5.74, 6) is 0. The standard InChI is InChI=1S/C40H22N2O2/c1-3-15-28-25(12-1)26-13-2-4-16-29(26)38-37(28)41-22-33(42-38)24-11-9-10-23(20-24)31-21-32-27-14-5-7-18-34(27)43-40(32)36-30-17-6-8-19-35(30)44-39(31)36/h1-22H. The minimum Gasteiger partial charge on any atom is -0.455 e. The predicted octanol–water partition coefficient (Wildman–Crippen LogP) is 11.1. The van der Waals surface area contributed by atoms with E-state index in [9.17, 15) is 0 Å². The van der Waals surface area contributed by atoms with E-state index in [4.69, 9.17) is 18.8 Å². The van der Waals surface area contributed by atoms with Gasteiger partial charge >= 0.3 is 0 Å². The van der Waals surface area contributed by atoms with E-state index in [2.05, 4.69) is 97.1 Å². The molecule has 204 valence electrons. The number of fused-ring (bicyclic) bond motifs is 13. The van der Waals surface area contributed by atoms with Crippen LogP contribution in [0.5, 0.6) is 0 Å². The quantitative estimate of drug-likeness (QED) is 0.197. The molecule has 0 fully saturated rings. The second kappa shape index (κ2) is 8.76. The van der Waals surface area contributed by atoms with Crippen molar-refractivity contribution < 1.29 is 8.83 Å². The molecular weight excluding hydrogens is 540 g/mol. The Morgan fingerprint density at radius 2 is 1.02 bits per heavy atom. The van der Waals surface area contributed by atoms with Gasteiger partial charge in [0.25, 0.3) is 0 Å². The van der Waals surface area contributed by atoms with Gasteiger partial charge in [0, 0.05) is 38.1 Å². The summed E-state index contributed by atoms with van der Waals surface area (Å²) in [5, 5.41) is 8.80. The minimum absolute atomic E-state index is 0.817. The van der Waals surface area contributed by atoms with Crippen LogP contribution in [0.4, 0.5) is 0 Å². The molecular formula is C40H22N2O2. The molecule has 0 bridgehead atoms. The van der Waals surface area contributed by atoms with Gasteiger partial charge in [0.05, 0.1) is 28.3 Å². The zero-order valence-electron chi connectivity index (χ0n) is 23.4. The Bertz CT molecular complexity index is 2750. The van der Waals surface area contributed by atoms with E-state index in [1.165, 1.54) is 10.8 Å². The zero-order valence-corrected chi connectivity index (χ0v) is 23.4. The third kappa shape index (κ3) is 3.22. The van der Waals surface area contributed by atoms with Crippen LogP contribution in [0.1, 0.15) is 0 Å². The van der Waals surface area contributed by atoms with E-state index in [-0.39, 0.29) is 0 Å². The van der Waals surface area contributed by atoms with E-state index >= 15 is 0 Å². The molecule has 3 aromatic heterocycles. The maximum atomic E-state index is 6.55. The number of hydrogen-bond acceptors (Lipinski definition) is 4. The third-order valence-electron chi connectivity index (χ3n) is 8.89. The maximum absolute atomic E-state index is 6.55. The number of rotatable bonds is 2. The first-order chi connectivity index (χ1) is 21.8. The molecule has 44 heavy (non-hydrogen) atoms. The van der Waals surface area contributed by atoms with Crippen LogP contribution in [0, 0.1) is 0 Å². The summed E-state index contributed by atoms with van der Waals surface area (Å²) in [6.45, 7) is 0. The van der Waals surface area contributed by atoms with Crippen molar-refractivity contribution in [3.8, 4) is 22.4 Å². The number of benzene rings is 7. The van der Waals surface area contributed by atoms with Gasteiger partial charge in [-0.05, 0) is 40.6 Å². The summed E-state index contributed by atoms with van der Waals surface area (Å²) in [6.07, 6.45) is 1.90. The first-order valence-corrected chi connectivity index (χ1v) is 14.7. The molecule has 0 saturated carbocycles. The lowest BCUT2D eigenvalue weighted by molar-refractivity contribution is 0.663. The Morgan fingerprint density at radius 3 is 1.80 bits per heavy atom. The van der Waals surface area contributed by atoms with Crippen molar-refractivity contribution in [1.29, 1.82) is 0 Å². The van der Waals surface area contributed by atoms with E-state index in [1.807, 2.05) is 36.5 Å². The lowest BCUT2D eigenvalue weighted by Gasteiger charge is -2.11. The van der Waals surface area contributed by atoms with Crippen molar-refractivity contribution in [2.45, 2.75) is 0 Å². The van der Waals surface area contributed by atoms with Crippen LogP contribution in [0.2, 0.25) is 0 Å². The molecule has 7 aromatic carbocycles. The largest absolute Gasteiger partial charge is 0.455 e. The fourth-order valence-corrected chi connectivity index (χ4v) is 6.89. The second-order valence-corrected chi connectivity index (χ2v) is 11.3. The SMILES string of the molecule is c1cc(-c2cnc3c4ccccc4c4ccccc4c3n2)cc(-c2cc3c4ccccc4oc3c3c2oc2ccccc23)c1. The minimum atomic E-state index is 0.817. The molecule has 0 unspecified atom stereocenters. The molecule has 0 N–H and O–H groups in total. The summed E-state index contributed by atoms with van der Waals surface area (Å²) >= 11 is 0. The van der Waals surface area contributed by atoms with E-state index in [1.54, 1.807) is 0 Å². The molecule has 0 amide bonds. The smallest absolute Gasteiger partial charge is 0.147 e. The Hall–Kier alpha value is -6.00. The lowest BCUT2D eigenvalue weighted by atomic mass is 9.96. The summed E-state index contributed by atoms with van der Waals surface area (Å²) in [6, 6.07) is 44.0. The first-order valence-electron chi connectivity index (χ1n) is 14.7. The van der Waals surface area contributed by atoms with Crippen LogP contribution in [-0.4, -0.2) is 9.97 Å². The highest BCUT2D eigenvalue weighted by Gasteiger charge is 2.21. The lowest BCUT2D eigenvalue weighted by Crippen LogP contribution is -1.92. The average molecular weight is 563 g/mol. The molecule has 10 aromatic rings. The number of furan rings is 2. The van der Waals surface area contributed by atoms with Gasteiger partial charge in [-0.25, -0.2) is 4.98 Å². The zero-order chi connectivity index (χ0) is 28.8. The fourth-order valence-electron chi connectivity index (χ4n) is 6.89. The van der Waals surface area contributed by atoms with Gasteiger partial charge in [-0.2, -0.15) is 0 Å². The van der Waals surface area contributed by atoms with E-state index in [0.717, 1.165) is 88.1 Å². The number of aromatic nitrogens is 2. The van der Waals surface area contributed by atoms with Gasteiger partial charge in [-0.15, -0.1) is 0 Å². The summed E-state index contributed by atoms with van der Waals surface area (Å²) < 4.78 is 13.0. The van der Waals surface area contributed by atoms with Crippen molar-refractivity contribution in [3.05, 3.63) is 134 Å². The molecule has 4 nitrogen and oxygen atoms in total. The summed E-state index contributed by atoms with van der Waals surface area (Å²) in [4.78, 5) is 10.2. The van der Waals surface area contributed by atoms with Gasteiger partial charge in [-0.3, -0.25) is 4.98 Å². The highest BCUT2D eigenvalue weighted by Crippen LogP contribution is 2.44. The molecule has 0 radical (unpaired) electrons. The average Bonchev–Trinajstić information content (AvgIpc) is 3.66. The molecule has 0 aliphatic carbocycles. The Kier molecular flexibility index (Phi) is 4.69. The molecule has 0 aliphatic rings. The molecule has 0 atom stereocenters. The third-order valence-corrected chi connectivity index (χ3v) is 8.89. The highest BCUT2D eigenvalue weighted by atomic mass is 16.3. The highest BCUT2D eigenvalue weighted by molar-refractivity contribution is 6.25. The molecule has 0 saturated heterocycles. The van der Waals surface area contributed by atoms with Crippen LogP contribution in [0.15, 0.2) is 142 Å². The van der Waals surface area contributed by atoms with Crippen LogP contribution in [0.25, 0.3) is 98.8 Å². The Labute approximate surface area is 250 Å². The van der Waals surface area contributed by atoms with Gasteiger partial charge < -0.3 is 8.83 Å². The Morgan fingerprint density at radius 1 is 0.432 bits per heavy atom. The van der Waals surface area contributed by atoms with Gasteiger partial charge in [0.15, 0.2) is 0 Å². The molecule has 4 heteroatoms. The van der Waals surface area contributed by atoms with Gasteiger partial charge in [0.2, 0.25) is 0 Å². The van der Waals surface area contributed by atoms with Crippen molar-refractivity contribution in [2.24, 2.45) is 0 Å². The van der Waals surface area contributed by atoms with Gasteiger partial charge in [0.1, 0.15) is 22.3 Å². The summed E-state index contributed by atoms with van der Waals surface area (Å²) in [5.41, 5.74) is 9.09. The van der Waals surface area contributed by atoms with E-state index < -0.39 is 0 Å². The van der Waals surface area contributed by atoms with Crippen LogP contribution < -0.4 is 0 Å². The molecule has 10 rings (SSSR count). The molecule has 0 spiro atoms. The monoisotopic (exact) mass is 562 g/mol. The topological polar surface area (TPSA) is 52.1 Å². The van der Waals surface area contributed by atoms with Crippen LogP contribution in [0.3, 0.4) is 0 Å². The summed E-state index contributed by atoms with van der Waals surface area (Å²) in [7, 11) is 0. The van der Waals surface area contributed by atoms with Crippen LogP contribution >= 0.6 is 0 Å². The van der Waals surface area contributed by atoms with Crippen molar-refractivity contribution in [1.82, 2.24) is 9.97 Å². The molecule has 0 aliphatic heterocycles. The number of nitrogens with zero attached hydrogens (tertiary/aromatic N) is 2. The second-order valence-electron chi connectivity index (χ2n) is 11.3. The maximum Gasteiger partial charge on any atom is 0.147 e. The first kappa shape index (κ1) is 23.6. The van der Waals surface area contributed by atoms with E-state index in [0.29, 0.717) is 0 Å². The van der Waals surface area contributed by atoms with Crippen molar-refractivity contribution in [3.63, 3.8) is 0 Å². The van der Waals surface area contributed by atoms with Gasteiger partial charge in [-0.1, -0.05) is 103 Å². The predicted molar refractivity (Wildman–Crippen MR) is 180 cm³/mol. The molecule has 3 heterocycles. The normalized spacial score (nSPS) is 12.1. The number of para-hydroxylation sites is 2. The van der Waals surface area contributed by atoms with Crippen LogP contribution in [-0.2, 0) is 0 Å². The Balaban J connectivity index is 1.24. The van der Waals surface area contributed by atoms with Crippen molar-refractivity contribution >= 4 is 76.5 Å².